The Kier molecular flexibility index (Phi) is 17.8. The highest BCUT2D eigenvalue weighted by molar-refractivity contribution is 6.27. The molecule has 0 fully saturated rings. The largest absolute Gasteiger partial charge is 0.396 e. The van der Waals surface area contributed by atoms with E-state index >= 15 is 0 Å². The average molecular weight is 374 g/mol. The fourth-order valence-electron chi connectivity index (χ4n) is 3.65. The minimum Gasteiger partial charge on any atom is -0.396 e. The van der Waals surface area contributed by atoms with Gasteiger partial charge in [0.15, 0.2) is 0 Å². The standard InChI is InChI=1S/C23H46ClO/c1-4-5-6-7-8-9-10-11-12-13-14-15-16-17-19-23(3,22(2)24)20-18-21-25/h25H,4-21H2,1-3H3. The maximum atomic E-state index is 9.05. The van der Waals surface area contributed by atoms with E-state index in [1.165, 1.54) is 96.3 Å². The lowest BCUT2D eigenvalue weighted by Gasteiger charge is -2.31. The van der Waals surface area contributed by atoms with Gasteiger partial charge in [-0.3, -0.25) is 0 Å². The van der Waals surface area contributed by atoms with Gasteiger partial charge in [-0.15, -0.1) is 11.6 Å². The van der Waals surface area contributed by atoms with Crippen molar-refractivity contribution in [1.29, 1.82) is 0 Å². The van der Waals surface area contributed by atoms with Crippen LogP contribution in [0.25, 0.3) is 0 Å². The molecule has 0 amide bonds. The second-order valence-electron chi connectivity index (χ2n) is 8.27. The number of aliphatic hydroxyl groups is 1. The number of rotatable bonds is 19. The molecule has 0 aromatic rings. The SMILES string of the molecule is CCCCCCCCCCCCCCCCC(C)(CCCO)[C](C)Cl. The zero-order valence-electron chi connectivity index (χ0n) is 17.6. The van der Waals surface area contributed by atoms with E-state index in [4.69, 9.17) is 16.7 Å². The van der Waals surface area contributed by atoms with Gasteiger partial charge in [-0.25, -0.2) is 0 Å². The molecule has 0 aromatic carbocycles. The average Bonchev–Trinajstić information content (AvgIpc) is 2.60. The first kappa shape index (κ1) is 25.2. The van der Waals surface area contributed by atoms with E-state index in [1.54, 1.807) is 0 Å². The molecule has 1 radical (unpaired) electrons. The summed E-state index contributed by atoms with van der Waals surface area (Å²) in [4.78, 5) is 0. The zero-order chi connectivity index (χ0) is 18.8. The van der Waals surface area contributed by atoms with E-state index in [0.717, 1.165) is 18.2 Å². The van der Waals surface area contributed by atoms with Crippen LogP contribution in [-0.4, -0.2) is 11.7 Å². The quantitative estimate of drug-likeness (QED) is 0.225. The predicted octanol–water partition coefficient (Wildman–Crippen LogP) is 8.43. The predicted molar refractivity (Wildman–Crippen MR) is 114 cm³/mol. The smallest absolute Gasteiger partial charge is 0.0665 e. The van der Waals surface area contributed by atoms with E-state index in [0.29, 0.717) is 0 Å². The van der Waals surface area contributed by atoms with Gasteiger partial charge in [0.2, 0.25) is 0 Å². The molecule has 0 bridgehead atoms. The summed E-state index contributed by atoms with van der Waals surface area (Å²) in [5, 5.41) is 10.1. The number of aliphatic hydroxyl groups excluding tert-OH is 1. The van der Waals surface area contributed by atoms with Crippen molar-refractivity contribution in [3.63, 3.8) is 0 Å². The summed E-state index contributed by atoms with van der Waals surface area (Å²) < 4.78 is 0. The highest BCUT2D eigenvalue weighted by Crippen LogP contribution is 2.41. The molecular weight excluding hydrogens is 328 g/mol. The molecule has 0 aliphatic carbocycles. The third-order valence-corrected chi connectivity index (χ3v) is 6.26. The Morgan fingerprint density at radius 2 is 1.04 bits per heavy atom. The molecule has 0 rings (SSSR count). The van der Waals surface area contributed by atoms with Crippen molar-refractivity contribution in [2.24, 2.45) is 5.41 Å². The van der Waals surface area contributed by atoms with Crippen molar-refractivity contribution in [3.8, 4) is 0 Å². The van der Waals surface area contributed by atoms with Crippen LogP contribution in [-0.2, 0) is 0 Å². The van der Waals surface area contributed by atoms with Crippen molar-refractivity contribution in [3.05, 3.63) is 5.38 Å². The number of halogens is 1. The minimum atomic E-state index is 0.113. The molecule has 25 heavy (non-hydrogen) atoms. The van der Waals surface area contributed by atoms with E-state index < -0.39 is 0 Å². The summed E-state index contributed by atoms with van der Waals surface area (Å²) in [7, 11) is 0. The summed E-state index contributed by atoms with van der Waals surface area (Å²) in [6, 6.07) is 0. The molecule has 0 aliphatic rings. The first-order chi connectivity index (χ1) is 12.1. The van der Waals surface area contributed by atoms with Crippen molar-refractivity contribution >= 4 is 11.6 Å². The molecule has 151 valence electrons. The Morgan fingerprint density at radius 3 is 1.40 bits per heavy atom. The topological polar surface area (TPSA) is 20.2 Å². The van der Waals surface area contributed by atoms with E-state index in [-0.39, 0.29) is 12.0 Å². The highest BCUT2D eigenvalue weighted by atomic mass is 35.5. The van der Waals surface area contributed by atoms with Gasteiger partial charge >= 0.3 is 0 Å². The summed E-state index contributed by atoms with van der Waals surface area (Å²) in [6.07, 6.45) is 22.7. The maximum Gasteiger partial charge on any atom is 0.0665 e. The monoisotopic (exact) mass is 373 g/mol. The summed E-state index contributed by atoms with van der Waals surface area (Å²) in [5.41, 5.74) is 0.113. The van der Waals surface area contributed by atoms with Crippen LogP contribution >= 0.6 is 11.6 Å². The fraction of sp³-hybridized carbons (Fsp3) is 0.957. The molecule has 2 heteroatoms. The lowest BCUT2D eigenvalue weighted by atomic mass is 9.78. The zero-order valence-corrected chi connectivity index (χ0v) is 18.3. The second-order valence-corrected chi connectivity index (χ2v) is 8.83. The minimum absolute atomic E-state index is 0.113. The summed E-state index contributed by atoms with van der Waals surface area (Å²) in [5.74, 6) is 0. The Bertz CT molecular complexity index is 267. The Balaban J connectivity index is 3.40. The number of hydrogen-bond donors (Lipinski definition) is 1. The van der Waals surface area contributed by atoms with Crippen LogP contribution < -0.4 is 0 Å². The molecule has 1 N–H and O–H groups in total. The van der Waals surface area contributed by atoms with Gasteiger partial charge in [-0.2, -0.15) is 0 Å². The third-order valence-electron chi connectivity index (χ3n) is 5.80. The van der Waals surface area contributed by atoms with Gasteiger partial charge in [0.05, 0.1) is 5.38 Å². The van der Waals surface area contributed by atoms with Gasteiger partial charge in [-0.05, 0) is 31.6 Å². The van der Waals surface area contributed by atoms with Crippen LogP contribution in [0.5, 0.6) is 0 Å². The van der Waals surface area contributed by atoms with Gasteiger partial charge < -0.3 is 5.11 Å². The highest BCUT2D eigenvalue weighted by Gasteiger charge is 2.29. The van der Waals surface area contributed by atoms with Crippen molar-refractivity contribution in [2.75, 3.05) is 6.61 Å². The maximum absolute atomic E-state index is 9.05. The summed E-state index contributed by atoms with van der Waals surface area (Å²) >= 11 is 6.31. The number of unbranched alkanes of at least 4 members (excludes halogenated alkanes) is 13. The first-order valence-electron chi connectivity index (χ1n) is 11.2. The van der Waals surface area contributed by atoms with Gasteiger partial charge in [0, 0.05) is 6.61 Å². The molecule has 0 spiro atoms. The van der Waals surface area contributed by atoms with Crippen LogP contribution in [0.3, 0.4) is 0 Å². The second kappa shape index (κ2) is 17.7. The Hall–Kier alpha value is 0.250. The first-order valence-corrected chi connectivity index (χ1v) is 11.5. The molecule has 1 nitrogen and oxygen atoms in total. The van der Waals surface area contributed by atoms with E-state index in [2.05, 4.69) is 13.8 Å². The third kappa shape index (κ3) is 15.0. The molecule has 0 saturated carbocycles. The van der Waals surface area contributed by atoms with Crippen molar-refractivity contribution < 1.29 is 5.11 Å². The molecule has 0 aromatic heterocycles. The van der Waals surface area contributed by atoms with Crippen molar-refractivity contribution in [1.82, 2.24) is 0 Å². The van der Waals surface area contributed by atoms with Crippen LogP contribution in [0.15, 0.2) is 0 Å². The molecule has 0 saturated heterocycles. The van der Waals surface area contributed by atoms with Crippen molar-refractivity contribution in [2.45, 2.75) is 130 Å². The lowest BCUT2D eigenvalue weighted by Crippen LogP contribution is -2.21. The lowest BCUT2D eigenvalue weighted by molar-refractivity contribution is 0.232. The van der Waals surface area contributed by atoms with E-state index in [1.807, 2.05) is 6.92 Å². The van der Waals surface area contributed by atoms with Crippen LogP contribution in [0.2, 0.25) is 0 Å². The van der Waals surface area contributed by atoms with Crippen LogP contribution in [0.1, 0.15) is 130 Å². The molecule has 1 atom stereocenters. The van der Waals surface area contributed by atoms with Crippen LogP contribution in [0, 0.1) is 10.8 Å². The summed E-state index contributed by atoms with van der Waals surface area (Å²) in [6.45, 7) is 6.85. The van der Waals surface area contributed by atoms with Gasteiger partial charge in [0.25, 0.3) is 0 Å². The Morgan fingerprint density at radius 1 is 0.680 bits per heavy atom. The Labute approximate surface area is 164 Å². The number of hydrogen-bond acceptors (Lipinski definition) is 1. The molecule has 0 heterocycles. The fourth-order valence-corrected chi connectivity index (χ4v) is 3.84. The molecular formula is C23H46ClO. The normalized spacial score (nSPS) is 14.2. The molecule has 1 unspecified atom stereocenters. The van der Waals surface area contributed by atoms with E-state index in [9.17, 15) is 0 Å². The van der Waals surface area contributed by atoms with Gasteiger partial charge in [-0.1, -0.05) is 104 Å². The molecule has 0 aliphatic heterocycles. The van der Waals surface area contributed by atoms with Gasteiger partial charge in [0.1, 0.15) is 0 Å². The van der Waals surface area contributed by atoms with Crippen LogP contribution in [0.4, 0.5) is 0 Å².